The van der Waals surface area contributed by atoms with Gasteiger partial charge in [-0.3, -0.25) is 4.79 Å². The molecule has 1 atom stereocenters. The zero-order valence-corrected chi connectivity index (χ0v) is 17.7. The molecule has 5 heteroatoms. The van der Waals surface area contributed by atoms with Crippen molar-refractivity contribution < 1.29 is 4.79 Å². The van der Waals surface area contributed by atoms with E-state index < -0.39 is 0 Å². The van der Waals surface area contributed by atoms with Crippen molar-refractivity contribution in [2.75, 3.05) is 19.4 Å². The molecule has 1 amide bonds. The highest BCUT2D eigenvalue weighted by atomic mass is 32.1. The predicted molar refractivity (Wildman–Crippen MR) is 123 cm³/mol. The molecule has 0 saturated carbocycles. The summed E-state index contributed by atoms with van der Waals surface area (Å²) in [6.07, 6.45) is 0. The third-order valence-electron chi connectivity index (χ3n) is 4.58. The Balaban J connectivity index is 1.76. The minimum atomic E-state index is -0.0642. The fourth-order valence-corrected chi connectivity index (χ4v) is 3.34. The van der Waals surface area contributed by atoms with Crippen molar-refractivity contribution in [1.29, 1.82) is 0 Å². The highest BCUT2D eigenvalue weighted by molar-refractivity contribution is 7.80. The molecule has 0 bridgehead atoms. The molecule has 4 nitrogen and oxygen atoms in total. The second-order valence-electron chi connectivity index (χ2n) is 7.13. The maximum absolute atomic E-state index is 12.0. The zero-order chi connectivity index (χ0) is 20.8. The van der Waals surface area contributed by atoms with E-state index in [-0.39, 0.29) is 11.9 Å². The zero-order valence-electron chi connectivity index (χ0n) is 16.8. The highest BCUT2D eigenvalue weighted by Crippen LogP contribution is 2.23. The number of thiocarbonyl (C=S) groups is 1. The number of benzene rings is 3. The van der Waals surface area contributed by atoms with Crippen molar-refractivity contribution in [3.63, 3.8) is 0 Å². The molecule has 3 aromatic carbocycles. The van der Waals surface area contributed by atoms with Gasteiger partial charge >= 0.3 is 0 Å². The van der Waals surface area contributed by atoms with Gasteiger partial charge in [-0.25, -0.2) is 0 Å². The molecule has 3 rings (SSSR count). The summed E-state index contributed by atoms with van der Waals surface area (Å²) in [5, 5.41) is 7.16. The Kier molecular flexibility index (Phi) is 6.62. The number of aryl methyl sites for hydroxylation is 1. The third kappa shape index (κ3) is 5.42. The van der Waals surface area contributed by atoms with E-state index in [9.17, 15) is 4.79 Å². The van der Waals surface area contributed by atoms with Gasteiger partial charge in [0.2, 0.25) is 0 Å². The number of anilines is 1. The van der Waals surface area contributed by atoms with Gasteiger partial charge in [-0.05, 0) is 54.5 Å². The van der Waals surface area contributed by atoms with Crippen LogP contribution in [0.2, 0.25) is 0 Å². The van der Waals surface area contributed by atoms with Gasteiger partial charge in [-0.2, -0.15) is 0 Å². The highest BCUT2D eigenvalue weighted by Gasteiger charge is 2.15. The maximum Gasteiger partial charge on any atom is 0.253 e. The molecule has 0 aliphatic carbocycles. The largest absolute Gasteiger partial charge is 0.352 e. The molecular formula is C24H25N3OS. The van der Waals surface area contributed by atoms with Crippen LogP contribution in [-0.4, -0.2) is 30.0 Å². The number of rotatable bonds is 5. The van der Waals surface area contributed by atoms with Gasteiger partial charge in [-0.15, -0.1) is 0 Å². The molecule has 0 unspecified atom stereocenters. The minimum absolute atomic E-state index is 0.0270. The van der Waals surface area contributed by atoms with Crippen LogP contribution < -0.4 is 10.6 Å². The lowest BCUT2D eigenvalue weighted by Gasteiger charge is -2.22. The summed E-state index contributed by atoms with van der Waals surface area (Å²) in [5.74, 6) is -0.0270. The van der Waals surface area contributed by atoms with Crippen LogP contribution in [0.25, 0.3) is 0 Å². The van der Waals surface area contributed by atoms with E-state index in [2.05, 4.69) is 54.0 Å². The smallest absolute Gasteiger partial charge is 0.253 e. The van der Waals surface area contributed by atoms with Crippen LogP contribution in [0.15, 0.2) is 78.9 Å². The van der Waals surface area contributed by atoms with E-state index in [1.54, 1.807) is 31.1 Å². The topological polar surface area (TPSA) is 44.4 Å². The number of hydrogen-bond donors (Lipinski definition) is 2. The third-order valence-corrected chi connectivity index (χ3v) is 4.80. The van der Waals surface area contributed by atoms with Crippen molar-refractivity contribution >= 4 is 28.9 Å². The summed E-state index contributed by atoms with van der Waals surface area (Å²) >= 11 is 5.57. The number of nitrogens with zero attached hydrogens (tertiary/aromatic N) is 1. The predicted octanol–water partition coefficient (Wildman–Crippen LogP) is 4.77. The summed E-state index contributed by atoms with van der Waals surface area (Å²) in [5.41, 5.74) is 4.95. The summed E-state index contributed by atoms with van der Waals surface area (Å²) in [7, 11) is 3.48. The SMILES string of the molecule is Cc1cccc([C@H](NC(=S)Nc2ccc(C(=O)N(C)C)cc2)c2ccccc2)c1. The molecule has 3 aromatic rings. The molecule has 148 valence electrons. The van der Waals surface area contributed by atoms with Crippen LogP contribution in [0.5, 0.6) is 0 Å². The number of carbonyl (C=O) groups excluding carboxylic acids is 1. The van der Waals surface area contributed by atoms with Crippen LogP contribution >= 0.6 is 12.2 Å². The first-order valence-corrected chi connectivity index (χ1v) is 9.85. The first-order chi connectivity index (χ1) is 13.9. The summed E-state index contributed by atoms with van der Waals surface area (Å²) in [6, 6.07) is 25.9. The molecular weight excluding hydrogens is 378 g/mol. The van der Waals surface area contributed by atoms with E-state index >= 15 is 0 Å². The number of amides is 1. The summed E-state index contributed by atoms with van der Waals surface area (Å²) in [4.78, 5) is 13.6. The van der Waals surface area contributed by atoms with Gasteiger partial charge in [0.1, 0.15) is 0 Å². The van der Waals surface area contributed by atoms with Gasteiger partial charge < -0.3 is 15.5 Å². The summed E-state index contributed by atoms with van der Waals surface area (Å²) < 4.78 is 0. The Morgan fingerprint density at radius 2 is 1.55 bits per heavy atom. The average molecular weight is 404 g/mol. The Bertz CT molecular complexity index is 985. The van der Waals surface area contributed by atoms with E-state index in [1.807, 2.05) is 30.3 Å². The minimum Gasteiger partial charge on any atom is -0.352 e. The lowest BCUT2D eigenvalue weighted by atomic mass is 9.97. The number of hydrogen-bond acceptors (Lipinski definition) is 2. The van der Waals surface area contributed by atoms with Gasteiger partial charge in [0.15, 0.2) is 5.11 Å². The molecule has 2 N–H and O–H groups in total. The number of carbonyl (C=O) groups is 1. The van der Waals surface area contributed by atoms with Gasteiger partial charge in [-0.1, -0.05) is 60.2 Å². The molecule has 0 aromatic heterocycles. The molecule has 0 aliphatic heterocycles. The van der Waals surface area contributed by atoms with Crippen molar-refractivity contribution in [3.8, 4) is 0 Å². The fraction of sp³-hybridized carbons (Fsp3) is 0.167. The van der Waals surface area contributed by atoms with Gasteiger partial charge in [0.05, 0.1) is 6.04 Å². The number of nitrogens with one attached hydrogen (secondary N) is 2. The molecule has 0 saturated heterocycles. The molecule has 0 radical (unpaired) electrons. The monoisotopic (exact) mass is 403 g/mol. The maximum atomic E-state index is 12.0. The van der Waals surface area contributed by atoms with Crippen molar-refractivity contribution in [2.24, 2.45) is 0 Å². The van der Waals surface area contributed by atoms with Crippen molar-refractivity contribution in [1.82, 2.24) is 10.2 Å². The quantitative estimate of drug-likeness (QED) is 0.602. The van der Waals surface area contributed by atoms with Crippen LogP contribution in [0.1, 0.15) is 33.1 Å². The van der Waals surface area contributed by atoms with Crippen LogP contribution in [0.4, 0.5) is 5.69 Å². The summed E-state index contributed by atoms with van der Waals surface area (Å²) in [6.45, 7) is 2.08. The molecule has 0 heterocycles. The Hall–Kier alpha value is -3.18. The Morgan fingerprint density at radius 1 is 0.897 bits per heavy atom. The second kappa shape index (κ2) is 9.34. The van der Waals surface area contributed by atoms with E-state index in [0.29, 0.717) is 10.7 Å². The normalized spacial score (nSPS) is 11.4. The molecule has 0 aliphatic rings. The van der Waals surface area contributed by atoms with Crippen LogP contribution in [0, 0.1) is 6.92 Å². The first-order valence-electron chi connectivity index (χ1n) is 9.45. The van der Waals surface area contributed by atoms with Crippen LogP contribution in [0.3, 0.4) is 0 Å². The average Bonchev–Trinajstić information content (AvgIpc) is 2.72. The van der Waals surface area contributed by atoms with E-state index in [1.165, 1.54) is 5.56 Å². The lowest BCUT2D eigenvalue weighted by Crippen LogP contribution is -2.33. The van der Waals surface area contributed by atoms with Crippen LogP contribution in [-0.2, 0) is 0 Å². The Labute approximate surface area is 177 Å². The van der Waals surface area contributed by atoms with E-state index in [0.717, 1.165) is 16.8 Å². The van der Waals surface area contributed by atoms with Gasteiger partial charge in [0.25, 0.3) is 5.91 Å². The fourth-order valence-electron chi connectivity index (χ4n) is 3.11. The van der Waals surface area contributed by atoms with Crippen molar-refractivity contribution in [3.05, 3.63) is 101 Å². The van der Waals surface area contributed by atoms with E-state index in [4.69, 9.17) is 12.2 Å². The van der Waals surface area contributed by atoms with Crippen molar-refractivity contribution in [2.45, 2.75) is 13.0 Å². The first kappa shape index (κ1) is 20.6. The Morgan fingerprint density at radius 3 is 2.17 bits per heavy atom. The molecule has 29 heavy (non-hydrogen) atoms. The molecule has 0 fully saturated rings. The lowest BCUT2D eigenvalue weighted by molar-refractivity contribution is 0.0827. The standard InChI is InChI=1S/C24H25N3OS/c1-17-8-7-11-20(16-17)22(18-9-5-4-6-10-18)26-24(29)25-21-14-12-19(13-15-21)23(28)27(2)3/h4-16,22H,1-3H3,(H2,25,26,29)/t22-/m1/s1. The molecule has 0 spiro atoms. The van der Waals surface area contributed by atoms with Gasteiger partial charge in [0, 0.05) is 25.3 Å². The second-order valence-corrected chi connectivity index (χ2v) is 7.54.